The van der Waals surface area contributed by atoms with Crippen LogP contribution in [-0.2, 0) is 0 Å². The lowest BCUT2D eigenvalue weighted by Gasteiger charge is -2.02. The summed E-state index contributed by atoms with van der Waals surface area (Å²) in [5.74, 6) is 1.51. The van der Waals surface area contributed by atoms with Gasteiger partial charge in [-0.1, -0.05) is 0 Å². The Bertz CT molecular complexity index is 630. The first kappa shape index (κ1) is 11.8. The number of imidazole rings is 1. The summed E-state index contributed by atoms with van der Waals surface area (Å²) in [6.07, 6.45) is 0.153. The summed E-state index contributed by atoms with van der Waals surface area (Å²) >= 11 is 0. The molecule has 1 aliphatic rings. The van der Waals surface area contributed by atoms with Crippen LogP contribution in [0.2, 0.25) is 0 Å². The van der Waals surface area contributed by atoms with Crippen molar-refractivity contribution in [3.63, 3.8) is 0 Å². The normalized spacial score (nSPS) is 18.8. The number of nitrogens with one attached hydrogen (secondary N) is 2. The van der Waals surface area contributed by atoms with E-state index in [-0.39, 0.29) is 5.75 Å². The SMILES string of the molecule is NC(=O)Oc1cc(N)cc2[nH]c(C3CCNC3)nc12. The van der Waals surface area contributed by atoms with Crippen LogP contribution in [0.1, 0.15) is 18.2 Å². The quantitative estimate of drug-likeness (QED) is 0.593. The molecule has 100 valence electrons. The molecule has 0 saturated carbocycles. The maximum Gasteiger partial charge on any atom is 0.410 e. The van der Waals surface area contributed by atoms with E-state index in [9.17, 15) is 4.79 Å². The van der Waals surface area contributed by atoms with Crippen molar-refractivity contribution in [2.75, 3.05) is 18.8 Å². The number of nitrogens with zero attached hydrogens (tertiary/aromatic N) is 1. The molecular weight excluding hydrogens is 246 g/mol. The average molecular weight is 261 g/mol. The number of primary amides is 1. The summed E-state index contributed by atoms with van der Waals surface area (Å²) in [7, 11) is 0. The van der Waals surface area contributed by atoms with Gasteiger partial charge in [-0.05, 0) is 19.0 Å². The van der Waals surface area contributed by atoms with E-state index in [4.69, 9.17) is 16.2 Å². The first-order valence-corrected chi connectivity index (χ1v) is 6.10. The molecule has 1 amide bonds. The van der Waals surface area contributed by atoms with E-state index in [2.05, 4.69) is 15.3 Å². The zero-order valence-electron chi connectivity index (χ0n) is 10.3. The summed E-state index contributed by atoms with van der Waals surface area (Å²) in [5.41, 5.74) is 12.6. The predicted molar refractivity (Wildman–Crippen MR) is 70.9 cm³/mol. The maximum absolute atomic E-state index is 10.9. The van der Waals surface area contributed by atoms with E-state index in [1.807, 2.05) is 0 Å². The molecule has 1 aromatic carbocycles. The fraction of sp³-hybridized carbons (Fsp3) is 0.333. The molecule has 7 heteroatoms. The number of nitrogen functional groups attached to an aromatic ring is 1. The number of benzene rings is 1. The second-order valence-electron chi connectivity index (χ2n) is 4.65. The second kappa shape index (κ2) is 4.43. The van der Waals surface area contributed by atoms with Crippen LogP contribution in [0.15, 0.2) is 12.1 Å². The van der Waals surface area contributed by atoms with Gasteiger partial charge in [0.15, 0.2) is 5.75 Å². The van der Waals surface area contributed by atoms with Crippen molar-refractivity contribution < 1.29 is 9.53 Å². The Hall–Kier alpha value is -2.28. The van der Waals surface area contributed by atoms with Gasteiger partial charge in [-0.2, -0.15) is 0 Å². The highest BCUT2D eigenvalue weighted by Crippen LogP contribution is 2.30. The van der Waals surface area contributed by atoms with Crippen molar-refractivity contribution in [2.45, 2.75) is 12.3 Å². The molecule has 2 aromatic rings. The molecule has 0 aliphatic carbocycles. The Morgan fingerprint density at radius 3 is 3.00 bits per heavy atom. The Labute approximate surface area is 109 Å². The van der Waals surface area contributed by atoms with Crippen LogP contribution in [-0.4, -0.2) is 29.2 Å². The van der Waals surface area contributed by atoms with Gasteiger partial charge in [-0.3, -0.25) is 0 Å². The van der Waals surface area contributed by atoms with E-state index in [1.54, 1.807) is 12.1 Å². The molecule has 19 heavy (non-hydrogen) atoms. The minimum atomic E-state index is -0.876. The van der Waals surface area contributed by atoms with E-state index in [1.165, 1.54) is 0 Å². The van der Waals surface area contributed by atoms with E-state index < -0.39 is 6.09 Å². The minimum absolute atomic E-state index is 0.288. The predicted octanol–water partition coefficient (Wildman–Crippen LogP) is 0.679. The fourth-order valence-electron chi connectivity index (χ4n) is 2.39. The highest BCUT2D eigenvalue weighted by Gasteiger charge is 2.21. The number of H-pyrrole nitrogens is 1. The average Bonchev–Trinajstić information content (AvgIpc) is 2.94. The van der Waals surface area contributed by atoms with Gasteiger partial charge in [0.25, 0.3) is 0 Å². The van der Waals surface area contributed by atoms with Crippen molar-refractivity contribution in [3.05, 3.63) is 18.0 Å². The number of anilines is 1. The van der Waals surface area contributed by atoms with Gasteiger partial charge in [0.2, 0.25) is 0 Å². The largest absolute Gasteiger partial charge is 0.410 e. The molecule has 1 unspecified atom stereocenters. The van der Waals surface area contributed by atoms with Crippen molar-refractivity contribution >= 4 is 22.8 Å². The van der Waals surface area contributed by atoms with Crippen LogP contribution in [0.5, 0.6) is 5.75 Å². The number of hydrogen-bond donors (Lipinski definition) is 4. The summed E-state index contributed by atoms with van der Waals surface area (Å²) in [4.78, 5) is 18.6. The van der Waals surface area contributed by atoms with Crippen molar-refractivity contribution in [2.24, 2.45) is 5.73 Å². The number of ether oxygens (including phenoxy) is 1. The van der Waals surface area contributed by atoms with Crippen LogP contribution in [0.3, 0.4) is 0 Å². The molecule has 1 aliphatic heterocycles. The topological polar surface area (TPSA) is 119 Å². The lowest BCUT2D eigenvalue weighted by atomic mass is 10.1. The standard InChI is InChI=1S/C12H15N5O2/c13-7-3-8-10(9(4-7)19-12(14)18)17-11(16-8)6-1-2-15-5-6/h3-4,6,15H,1-2,5,13H2,(H2,14,18)(H,16,17). The summed E-state index contributed by atoms with van der Waals surface area (Å²) in [5, 5.41) is 3.28. The molecule has 1 fully saturated rings. The van der Waals surface area contributed by atoms with Crippen LogP contribution in [0, 0.1) is 0 Å². The van der Waals surface area contributed by atoms with Gasteiger partial charge < -0.3 is 26.5 Å². The molecule has 0 radical (unpaired) electrons. The van der Waals surface area contributed by atoms with Crippen LogP contribution in [0.4, 0.5) is 10.5 Å². The molecule has 3 rings (SSSR count). The van der Waals surface area contributed by atoms with Gasteiger partial charge in [0, 0.05) is 24.2 Å². The molecule has 1 saturated heterocycles. The third-order valence-electron chi connectivity index (χ3n) is 3.25. The van der Waals surface area contributed by atoms with E-state index in [0.29, 0.717) is 17.1 Å². The second-order valence-corrected chi connectivity index (χ2v) is 4.65. The number of fused-ring (bicyclic) bond motifs is 1. The Morgan fingerprint density at radius 2 is 2.32 bits per heavy atom. The first-order valence-electron chi connectivity index (χ1n) is 6.10. The molecule has 1 aromatic heterocycles. The van der Waals surface area contributed by atoms with Crippen LogP contribution >= 0.6 is 0 Å². The fourth-order valence-corrected chi connectivity index (χ4v) is 2.39. The van der Waals surface area contributed by atoms with Gasteiger partial charge in [-0.15, -0.1) is 0 Å². The van der Waals surface area contributed by atoms with Gasteiger partial charge in [0.1, 0.15) is 11.3 Å². The molecular formula is C12H15N5O2. The number of aromatic nitrogens is 2. The summed E-state index contributed by atoms with van der Waals surface area (Å²) < 4.78 is 4.95. The highest BCUT2D eigenvalue weighted by molar-refractivity contribution is 5.87. The number of rotatable bonds is 2. The molecule has 0 bridgehead atoms. The molecule has 0 spiro atoms. The Kier molecular flexibility index (Phi) is 2.75. The smallest absolute Gasteiger partial charge is 0.408 e. The third-order valence-corrected chi connectivity index (χ3v) is 3.25. The molecule has 6 N–H and O–H groups in total. The minimum Gasteiger partial charge on any atom is -0.408 e. The number of amides is 1. The Morgan fingerprint density at radius 1 is 1.47 bits per heavy atom. The zero-order valence-corrected chi connectivity index (χ0v) is 10.3. The first-order chi connectivity index (χ1) is 9.13. The van der Waals surface area contributed by atoms with Crippen molar-refractivity contribution in [1.82, 2.24) is 15.3 Å². The van der Waals surface area contributed by atoms with Crippen molar-refractivity contribution in [1.29, 1.82) is 0 Å². The van der Waals surface area contributed by atoms with Gasteiger partial charge in [0.05, 0.1) is 5.52 Å². The summed E-state index contributed by atoms with van der Waals surface area (Å²) in [6.45, 7) is 1.87. The van der Waals surface area contributed by atoms with Crippen LogP contribution < -0.4 is 21.5 Å². The number of carbonyl (C=O) groups is 1. The van der Waals surface area contributed by atoms with E-state index >= 15 is 0 Å². The van der Waals surface area contributed by atoms with E-state index in [0.717, 1.165) is 30.9 Å². The third kappa shape index (κ3) is 2.19. The Balaban J connectivity index is 2.07. The molecule has 1 atom stereocenters. The maximum atomic E-state index is 10.9. The number of nitrogens with two attached hydrogens (primary N) is 2. The molecule has 2 heterocycles. The summed E-state index contributed by atoms with van der Waals surface area (Å²) in [6, 6.07) is 3.31. The number of hydrogen-bond acceptors (Lipinski definition) is 5. The number of carbonyl (C=O) groups excluding carboxylic acids is 1. The lowest BCUT2D eigenvalue weighted by Crippen LogP contribution is -2.16. The van der Waals surface area contributed by atoms with Crippen molar-refractivity contribution in [3.8, 4) is 5.75 Å². The van der Waals surface area contributed by atoms with Crippen LogP contribution in [0.25, 0.3) is 11.0 Å². The lowest BCUT2D eigenvalue weighted by molar-refractivity contribution is 0.211. The molecule has 7 nitrogen and oxygen atoms in total. The van der Waals surface area contributed by atoms with Gasteiger partial charge >= 0.3 is 6.09 Å². The monoisotopic (exact) mass is 261 g/mol. The number of aromatic amines is 1. The zero-order chi connectivity index (χ0) is 13.4. The highest BCUT2D eigenvalue weighted by atomic mass is 16.5. The van der Waals surface area contributed by atoms with Gasteiger partial charge in [-0.25, -0.2) is 9.78 Å².